The zero-order valence-electron chi connectivity index (χ0n) is 17.7. The van der Waals surface area contributed by atoms with Gasteiger partial charge >= 0.3 is 6.03 Å². The number of urea groups is 1. The first-order valence-electron chi connectivity index (χ1n) is 10.9. The first kappa shape index (κ1) is 21.5. The number of aromatic nitrogens is 3. The van der Waals surface area contributed by atoms with Crippen LogP contribution in [0, 0.1) is 11.6 Å². The number of rotatable bonds is 4. The summed E-state index contributed by atoms with van der Waals surface area (Å²) in [6.45, 7) is 0.516. The van der Waals surface area contributed by atoms with Gasteiger partial charge in [0.05, 0.1) is 31.0 Å². The van der Waals surface area contributed by atoms with Crippen LogP contribution in [0.1, 0.15) is 30.9 Å². The molecule has 9 nitrogen and oxygen atoms in total. The number of aliphatic hydroxyl groups is 2. The van der Waals surface area contributed by atoms with Gasteiger partial charge in [0.1, 0.15) is 23.1 Å². The molecule has 3 N–H and O–H groups in total. The van der Waals surface area contributed by atoms with Crippen LogP contribution in [-0.4, -0.2) is 67.6 Å². The number of carbonyl (C=O) groups is 1. The van der Waals surface area contributed by atoms with E-state index >= 15 is 0 Å². The minimum Gasteiger partial charge on any atom is -0.394 e. The molecule has 3 aromatic rings. The third-order valence-corrected chi connectivity index (χ3v) is 6.32. The molecule has 2 aliphatic rings. The number of carbonyl (C=O) groups excluding carboxylic acids is 1. The second-order valence-corrected chi connectivity index (χ2v) is 8.44. The molecule has 2 aliphatic heterocycles. The highest BCUT2D eigenvalue weighted by Crippen LogP contribution is 2.37. The van der Waals surface area contributed by atoms with Crippen molar-refractivity contribution in [2.24, 2.45) is 0 Å². The van der Waals surface area contributed by atoms with Crippen LogP contribution in [0.4, 0.5) is 25.1 Å². The average molecular weight is 458 g/mol. The summed E-state index contributed by atoms with van der Waals surface area (Å²) in [5.74, 6) is -0.386. The highest BCUT2D eigenvalue weighted by molar-refractivity contribution is 5.93. The fourth-order valence-corrected chi connectivity index (χ4v) is 4.74. The zero-order valence-corrected chi connectivity index (χ0v) is 17.7. The number of nitrogens with one attached hydrogen (secondary N) is 1. The van der Waals surface area contributed by atoms with Crippen LogP contribution in [0.15, 0.2) is 36.7 Å². The van der Waals surface area contributed by atoms with E-state index in [9.17, 15) is 23.8 Å². The van der Waals surface area contributed by atoms with E-state index in [1.807, 2.05) is 4.90 Å². The number of amides is 2. The standard InChI is InChI=1S/C22H24F2N6O3/c23-13-3-4-17(24)16(8-13)19-2-1-6-28(19)20-5-7-30-21(27-20)18(10-25-30)26-22(33)29-11-15(32)9-14(29)12-31/h3-5,7-8,10,14-15,19,31-32H,1-2,6,9,11-12H2,(H,26,33)/t14-,15+,19-/m1/s1. The molecule has 2 amide bonds. The first-order chi connectivity index (χ1) is 15.9. The van der Waals surface area contributed by atoms with E-state index in [1.54, 1.807) is 12.3 Å². The Labute approximate surface area is 188 Å². The van der Waals surface area contributed by atoms with Crippen LogP contribution in [0.5, 0.6) is 0 Å². The third kappa shape index (κ3) is 3.98. The maximum absolute atomic E-state index is 14.4. The summed E-state index contributed by atoms with van der Waals surface area (Å²) in [5, 5.41) is 26.3. The van der Waals surface area contributed by atoms with Gasteiger partial charge in [-0.25, -0.2) is 23.1 Å². The van der Waals surface area contributed by atoms with Crippen LogP contribution in [0.25, 0.3) is 5.65 Å². The van der Waals surface area contributed by atoms with Gasteiger partial charge in [-0.3, -0.25) is 0 Å². The van der Waals surface area contributed by atoms with Gasteiger partial charge in [0, 0.05) is 24.8 Å². The maximum Gasteiger partial charge on any atom is 0.322 e. The van der Waals surface area contributed by atoms with Crippen molar-refractivity contribution < 1.29 is 23.8 Å². The predicted octanol–water partition coefficient (Wildman–Crippen LogP) is 2.31. The molecule has 2 saturated heterocycles. The van der Waals surface area contributed by atoms with Crippen molar-refractivity contribution in [2.45, 2.75) is 37.5 Å². The molecule has 0 saturated carbocycles. The van der Waals surface area contributed by atoms with Gasteiger partial charge in [0.2, 0.25) is 0 Å². The van der Waals surface area contributed by atoms with Gasteiger partial charge < -0.3 is 25.3 Å². The number of benzene rings is 1. The molecular weight excluding hydrogens is 434 g/mol. The Hall–Kier alpha value is -3.31. The molecule has 5 rings (SSSR count). The lowest BCUT2D eigenvalue weighted by Crippen LogP contribution is -2.40. The Bertz CT molecular complexity index is 1190. The number of fused-ring (bicyclic) bond motifs is 1. The van der Waals surface area contributed by atoms with E-state index in [0.717, 1.165) is 18.6 Å². The lowest BCUT2D eigenvalue weighted by molar-refractivity contribution is 0.164. The van der Waals surface area contributed by atoms with Crippen LogP contribution in [0.2, 0.25) is 0 Å². The van der Waals surface area contributed by atoms with E-state index in [4.69, 9.17) is 0 Å². The molecule has 0 radical (unpaired) electrons. The fraction of sp³-hybridized carbons (Fsp3) is 0.409. The highest BCUT2D eigenvalue weighted by atomic mass is 19.1. The summed E-state index contributed by atoms with van der Waals surface area (Å²) in [6, 6.07) is 3.93. The second kappa shape index (κ2) is 8.56. The molecular formula is C22H24F2N6O3. The summed E-state index contributed by atoms with van der Waals surface area (Å²) < 4.78 is 29.7. The van der Waals surface area contributed by atoms with Crippen molar-refractivity contribution in [3.63, 3.8) is 0 Å². The molecule has 11 heteroatoms. The quantitative estimate of drug-likeness (QED) is 0.554. The largest absolute Gasteiger partial charge is 0.394 e. The number of aliphatic hydroxyl groups excluding tert-OH is 2. The van der Waals surface area contributed by atoms with Crippen LogP contribution in [0.3, 0.4) is 0 Å². The summed E-state index contributed by atoms with van der Waals surface area (Å²) in [4.78, 5) is 20.7. The second-order valence-electron chi connectivity index (χ2n) is 8.44. The van der Waals surface area contributed by atoms with Gasteiger partial charge in [-0.15, -0.1) is 0 Å². The number of hydrogen-bond donors (Lipinski definition) is 3. The monoisotopic (exact) mass is 458 g/mol. The Balaban J connectivity index is 1.42. The first-order valence-corrected chi connectivity index (χ1v) is 10.9. The van der Waals surface area contributed by atoms with Crippen molar-refractivity contribution >= 4 is 23.2 Å². The number of β-amino-alcohol motifs (C(OH)–C–C–N with tert-alkyl or cyclic N) is 1. The summed E-state index contributed by atoms with van der Waals surface area (Å²) in [6.07, 6.45) is 4.26. The molecule has 2 fully saturated rings. The van der Waals surface area contributed by atoms with Crippen LogP contribution < -0.4 is 10.2 Å². The molecule has 174 valence electrons. The Morgan fingerprint density at radius 3 is 2.94 bits per heavy atom. The topological polar surface area (TPSA) is 106 Å². The molecule has 4 heterocycles. The smallest absolute Gasteiger partial charge is 0.322 e. The molecule has 1 aromatic carbocycles. The lowest BCUT2D eigenvalue weighted by Gasteiger charge is -2.26. The SMILES string of the molecule is O=C(Nc1cnn2ccc(N3CCC[C@@H]3c3cc(F)ccc3F)nc12)N1C[C@@H](O)C[C@@H]1CO. The number of nitrogens with zero attached hydrogens (tertiary/aromatic N) is 5. The van der Waals surface area contributed by atoms with Gasteiger partial charge in [-0.2, -0.15) is 5.10 Å². The van der Waals surface area contributed by atoms with Gasteiger partial charge in [0.15, 0.2) is 5.65 Å². The average Bonchev–Trinajstić information content (AvgIpc) is 3.53. The molecule has 0 spiro atoms. The Morgan fingerprint density at radius 2 is 2.12 bits per heavy atom. The van der Waals surface area contributed by atoms with Gasteiger partial charge in [-0.1, -0.05) is 0 Å². The third-order valence-electron chi connectivity index (χ3n) is 6.32. The minimum absolute atomic E-state index is 0.129. The highest BCUT2D eigenvalue weighted by Gasteiger charge is 2.34. The molecule has 0 unspecified atom stereocenters. The minimum atomic E-state index is -0.683. The van der Waals surface area contributed by atoms with E-state index in [1.165, 1.54) is 21.7 Å². The van der Waals surface area contributed by atoms with E-state index in [0.29, 0.717) is 42.1 Å². The number of halogens is 2. The normalized spacial score (nSPS) is 23.0. The van der Waals surface area contributed by atoms with Gasteiger partial charge in [0.25, 0.3) is 0 Å². The van der Waals surface area contributed by atoms with E-state index in [2.05, 4.69) is 15.4 Å². The summed E-state index contributed by atoms with van der Waals surface area (Å²) in [7, 11) is 0. The van der Waals surface area contributed by atoms with Crippen molar-refractivity contribution in [1.82, 2.24) is 19.5 Å². The lowest BCUT2D eigenvalue weighted by atomic mass is 10.0. The zero-order chi connectivity index (χ0) is 23.1. The molecule has 2 aromatic heterocycles. The summed E-state index contributed by atoms with van der Waals surface area (Å²) >= 11 is 0. The van der Waals surface area contributed by atoms with Crippen molar-refractivity contribution in [3.05, 3.63) is 53.9 Å². The van der Waals surface area contributed by atoms with Crippen LogP contribution >= 0.6 is 0 Å². The van der Waals surface area contributed by atoms with Gasteiger partial charge in [-0.05, 0) is 43.5 Å². The Morgan fingerprint density at radius 1 is 1.27 bits per heavy atom. The van der Waals surface area contributed by atoms with E-state index in [-0.39, 0.29) is 19.2 Å². The molecule has 33 heavy (non-hydrogen) atoms. The van der Waals surface area contributed by atoms with Crippen molar-refractivity contribution in [3.8, 4) is 0 Å². The molecule has 0 aliphatic carbocycles. The maximum atomic E-state index is 14.4. The summed E-state index contributed by atoms with van der Waals surface area (Å²) in [5.41, 5.74) is 1.05. The van der Waals surface area contributed by atoms with Crippen molar-refractivity contribution in [2.75, 3.05) is 29.9 Å². The van der Waals surface area contributed by atoms with Crippen LogP contribution in [-0.2, 0) is 0 Å². The molecule has 3 atom stereocenters. The van der Waals surface area contributed by atoms with Crippen molar-refractivity contribution in [1.29, 1.82) is 0 Å². The molecule has 0 bridgehead atoms. The Kier molecular flexibility index (Phi) is 5.59. The number of hydrogen-bond acceptors (Lipinski definition) is 6. The predicted molar refractivity (Wildman–Crippen MR) is 116 cm³/mol. The fourth-order valence-electron chi connectivity index (χ4n) is 4.74. The van der Waals surface area contributed by atoms with E-state index < -0.39 is 29.8 Å². The number of likely N-dealkylation sites (tertiary alicyclic amines) is 1. The number of anilines is 2.